The molecule has 5 rings (SSSR count). The van der Waals surface area contributed by atoms with E-state index in [2.05, 4.69) is 15.2 Å². The lowest BCUT2D eigenvalue weighted by molar-refractivity contribution is -0.143. The predicted octanol–water partition coefficient (Wildman–Crippen LogP) is 7.00. The second kappa shape index (κ2) is 9.07. The van der Waals surface area contributed by atoms with E-state index in [1.807, 2.05) is 0 Å². The number of alkyl halides is 3. The second-order valence-corrected chi connectivity index (χ2v) is 8.88. The zero-order valence-electron chi connectivity index (χ0n) is 18.5. The van der Waals surface area contributed by atoms with Crippen LogP contribution in [0.5, 0.6) is 0 Å². The van der Waals surface area contributed by atoms with Crippen LogP contribution in [0.25, 0.3) is 22.4 Å². The highest BCUT2D eigenvalue weighted by Crippen LogP contribution is 2.40. The van der Waals surface area contributed by atoms with Crippen molar-refractivity contribution in [2.75, 3.05) is 0 Å². The van der Waals surface area contributed by atoms with Gasteiger partial charge < -0.3 is 8.98 Å². The molecular formula is C25H15Cl2F3N4O2. The molecule has 0 radical (unpaired) electrons. The van der Waals surface area contributed by atoms with Gasteiger partial charge in [-0.05, 0) is 48.9 Å². The molecule has 36 heavy (non-hydrogen) atoms. The first kappa shape index (κ1) is 24.0. The molecule has 2 aromatic carbocycles. The number of carbonyl (C=O) groups is 1. The summed E-state index contributed by atoms with van der Waals surface area (Å²) in [6, 6.07) is 12.4. The quantitative estimate of drug-likeness (QED) is 0.229. The summed E-state index contributed by atoms with van der Waals surface area (Å²) in [6.07, 6.45) is -1.91. The summed E-state index contributed by atoms with van der Waals surface area (Å²) >= 11 is 12.2. The van der Waals surface area contributed by atoms with E-state index in [1.54, 1.807) is 31.2 Å². The number of hydrogen-bond donors (Lipinski definition) is 0. The van der Waals surface area contributed by atoms with Gasteiger partial charge in [0.25, 0.3) is 11.7 Å². The van der Waals surface area contributed by atoms with Crippen molar-refractivity contribution in [2.45, 2.75) is 19.6 Å². The molecule has 0 N–H and O–H groups in total. The van der Waals surface area contributed by atoms with Crippen molar-refractivity contribution < 1.29 is 22.4 Å². The van der Waals surface area contributed by atoms with E-state index in [-0.39, 0.29) is 28.4 Å². The number of ketones is 1. The van der Waals surface area contributed by atoms with Crippen molar-refractivity contribution in [2.24, 2.45) is 0 Å². The highest BCUT2D eigenvalue weighted by atomic mass is 35.5. The summed E-state index contributed by atoms with van der Waals surface area (Å²) in [5.74, 6) is -1.61. The van der Waals surface area contributed by atoms with Gasteiger partial charge in [-0.15, -0.1) is 10.2 Å². The van der Waals surface area contributed by atoms with Crippen LogP contribution >= 0.6 is 23.2 Å². The van der Waals surface area contributed by atoms with E-state index in [0.717, 1.165) is 4.57 Å². The highest BCUT2D eigenvalue weighted by Gasteiger charge is 2.42. The smallest absolute Gasteiger partial charge is 0.413 e. The first-order valence-corrected chi connectivity index (χ1v) is 11.3. The Morgan fingerprint density at radius 2 is 1.78 bits per heavy atom. The van der Waals surface area contributed by atoms with Gasteiger partial charge >= 0.3 is 6.18 Å². The van der Waals surface area contributed by atoms with Crippen LogP contribution in [0.15, 0.2) is 65.3 Å². The van der Waals surface area contributed by atoms with Gasteiger partial charge in [0.05, 0.1) is 5.56 Å². The molecule has 5 aromatic rings. The molecule has 0 aliphatic heterocycles. The van der Waals surface area contributed by atoms with Crippen molar-refractivity contribution in [1.29, 1.82) is 0 Å². The molecule has 0 spiro atoms. The minimum Gasteiger partial charge on any atom is -0.413 e. The lowest BCUT2D eigenvalue weighted by Gasteiger charge is -2.15. The number of pyridine rings is 1. The molecular weight excluding hydrogens is 516 g/mol. The number of nitrogens with zero attached hydrogens (tertiary/aromatic N) is 4. The molecule has 0 fully saturated rings. The average Bonchev–Trinajstić information content (AvgIpc) is 3.44. The summed E-state index contributed by atoms with van der Waals surface area (Å²) in [5, 5.41) is 8.24. The summed E-state index contributed by atoms with van der Waals surface area (Å²) in [4.78, 5) is 17.4. The maximum atomic E-state index is 14.6. The predicted molar refractivity (Wildman–Crippen MR) is 128 cm³/mol. The number of rotatable bonds is 5. The summed E-state index contributed by atoms with van der Waals surface area (Å²) < 4.78 is 50.2. The zero-order valence-corrected chi connectivity index (χ0v) is 20.0. The van der Waals surface area contributed by atoms with Gasteiger partial charge in [-0.3, -0.25) is 9.78 Å². The van der Waals surface area contributed by atoms with Gasteiger partial charge in [0.1, 0.15) is 5.69 Å². The molecule has 6 nitrogen and oxygen atoms in total. The Labute approximate surface area is 212 Å². The maximum absolute atomic E-state index is 14.6. The van der Waals surface area contributed by atoms with Crippen LogP contribution in [0.3, 0.4) is 0 Å². The zero-order chi connectivity index (χ0) is 25.6. The van der Waals surface area contributed by atoms with Gasteiger partial charge in [0, 0.05) is 45.5 Å². The fourth-order valence-electron chi connectivity index (χ4n) is 4.01. The molecule has 0 saturated heterocycles. The molecule has 0 atom stereocenters. The first-order valence-electron chi connectivity index (χ1n) is 10.6. The number of aromatic nitrogens is 4. The average molecular weight is 531 g/mol. The Bertz CT molecular complexity index is 1610. The van der Waals surface area contributed by atoms with E-state index in [0.29, 0.717) is 21.7 Å². The number of hydrogen-bond acceptors (Lipinski definition) is 5. The normalized spacial score (nSPS) is 11.8. The van der Waals surface area contributed by atoms with Crippen LogP contribution in [0.4, 0.5) is 13.2 Å². The second-order valence-electron chi connectivity index (χ2n) is 8.04. The van der Waals surface area contributed by atoms with Gasteiger partial charge in [-0.25, -0.2) is 0 Å². The molecule has 0 saturated carbocycles. The van der Waals surface area contributed by atoms with Crippen molar-refractivity contribution in [3.63, 3.8) is 0 Å². The van der Waals surface area contributed by atoms with E-state index in [1.165, 1.54) is 36.7 Å². The largest absolute Gasteiger partial charge is 0.432 e. The minimum atomic E-state index is -4.88. The summed E-state index contributed by atoms with van der Waals surface area (Å²) in [7, 11) is 0. The number of aryl methyl sites for hydroxylation is 1. The molecule has 182 valence electrons. The molecule has 0 aliphatic rings. The molecule has 11 heteroatoms. The maximum Gasteiger partial charge on any atom is 0.432 e. The van der Waals surface area contributed by atoms with Gasteiger partial charge in [0.15, 0.2) is 0 Å². The standard InChI is InChI=1S/C25H15Cl2F3N4O2/c1-13-2-5-19-17(10-13)20(21(35)24-33-32-23(36-24)14-6-8-31-9-7-14)22(25(28,29)30)34(19)12-15-3-4-16(26)11-18(15)27/h2-11H,12H2,1H3. The molecule has 0 amide bonds. The summed E-state index contributed by atoms with van der Waals surface area (Å²) in [5.41, 5.74) is 0.0501. The van der Waals surface area contributed by atoms with Gasteiger partial charge in [0.2, 0.25) is 5.89 Å². The Morgan fingerprint density at radius 1 is 1.03 bits per heavy atom. The summed E-state index contributed by atoms with van der Waals surface area (Å²) in [6.45, 7) is 1.48. The molecule has 0 unspecified atom stereocenters. The van der Waals surface area contributed by atoms with E-state index in [4.69, 9.17) is 27.6 Å². The highest BCUT2D eigenvalue weighted by molar-refractivity contribution is 6.35. The third-order valence-electron chi connectivity index (χ3n) is 5.60. The minimum absolute atomic E-state index is 0.0119. The van der Waals surface area contributed by atoms with E-state index < -0.39 is 29.1 Å². The Hall–Kier alpha value is -3.69. The van der Waals surface area contributed by atoms with Crippen LogP contribution in [0, 0.1) is 6.92 Å². The fraction of sp³-hybridized carbons (Fsp3) is 0.120. The van der Waals surface area contributed by atoms with Crippen molar-refractivity contribution in [3.05, 3.63) is 99.2 Å². The molecule has 0 aliphatic carbocycles. The van der Waals surface area contributed by atoms with Crippen LogP contribution < -0.4 is 0 Å². The topological polar surface area (TPSA) is 73.8 Å². The van der Waals surface area contributed by atoms with Crippen LogP contribution in [-0.2, 0) is 12.7 Å². The van der Waals surface area contributed by atoms with Crippen LogP contribution in [0.2, 0.25) is 10.0 Å². The molecule has 0 bridgehead atoms. The van der Waals surface area contributed by atoms with Gasteiger partial charge in [-0.1, -0.05) is 40.9 Å². The van der Waals surface area contributed by atoms with Gasteiger partial charge in [-0.2, -0.15) is 13.2 Å². The fourth-order valence-corrected chi connectivity index (χ4v) is 4.48. The first-order chi connectivity index (χ1) is 17.1. The Balaban J connectivity index is 1.71. The molecule has 3 heterocycles. The Morgan fingerprint density at radius 3 is 2.47 bits per heavy atom. The van der Waals surface area contributed by atoms with E-state index in [9.17, 15) is 18.0 Å². The van der Waals surface area contributed by atoms with E-state index >= 15 is 0 Å². The third kappa shape index (κ3) is 4.36. The number of carbonyl (C=O) groups excluding carboxylic acids is 1. The Kier molecular flexibility index (Phi) is 6.05. The number of halogens is 5. The lowest BCUT2D eigenvalue weighted by atomic mass is 10.0. The van der Waals surface area contributed by atoms with Crippen molar-refractivity contribution in [3.8, 4) is 11.5 Å². The molecule has 3 aromatic heterocycles. The lowest BCUT2D eigenvalue weighted by Crippen LogP contribution is -2.19. The van der Waals surface area contributed by atoms with Crippen molar-refractivity contribution >= 4 is 39.9 Å². The van der Waals surface area contributed by atoms with Crippen molar-refractivity contribution in [1.82, 2.24) is 19.7 Å². The number of fused-ring (bicyclic) bond motifs is 1. The van der Waals surface area contributed by atoms with Crippen LogP contribution in [0.1, 0.15) is 33.1 Å². The monoisotopic (exact) mass is 530 g/mol. The third-order valence-corrected chi connectivity index (χ3v) is 6.19. The SMILES string of the molecule is Cc1ccc2c(c1)c(C(=O)c1nnc(-c3ccncc3)o1)c(C(F)(F)F)n2Cc1ccc(Cl)cc1Cl. The van der Waals surface area contributed by atoms with Crippen LogP contribution in [-0.4, -0.2) is 25.5 Å². The number of benzene rings is 2.